The Kier molecular flexibility index (Phi) is 11.3. The van der Waals surface area contributed by atoms with Crippen molar-refractivity contribution >= 4 is 40.7 Å². The number of nitrogens with zero attached hydrogens (tertiary/aromatic N) is 3. The van der Waals surface area contributed by atoms with Gasteiger partial charge in [-0.05, 0) is 93.8 Å². The maximum absolute atomic E-state index is 14.2. The van der Waals surface area contributed by atoms with Crippen LogP contribution in [-0.4, -0.2) is 41.9 Å². The highest BCUT2D eigenvalue weighted by molar-refractivity contribution is 7.07. The minimum absolute atomic E-state index is 0.0242. The van der Waals surface area contributed by atoms with Crippen molar-refractivity contribution in [3.8, 4) is 23.0 Å². The number of nitro benzene ring substituents is 1. The van der Waals surface area contributed by atoms with E-state index in [9.17, 15) is 19.7 Å². The van der Waals surface area contributed by atoms with Gasteiger partial charge in [0.25, 0.3) is 11.2 Å². The van der Waals surface area contributed by atoms with E-state index in [1.165, 1.54) is 35.1 Å². The van der Waals surface area contributed by atoms with Crippen molar-refractivity contribution in [3.05, 3.63) is 117 Å². The molecule has 0 spiro atoms. The fourth-order valence-corrected chi connectivity index (χ4v) is 6.73. The summed E-state index contributed by atoms with van der Waals surface area (Å²) in [6.07, 6.45) is 1.58. The number of thiazole rings is 1. The largest absolute Gasteiger partial charge is 0.493 e. The molecule has 1 atom stereocenters. The SMILES string of the molecule is CCOC(=O)C1=C(C)N=c2s/c(=C\c3cc(Cl)c(OCc4ccc([N+](=O)[O-])cc4)c(OCC)c3)c(=O)n2[C@@H]1c1ccc(OC(C)C)c(OC)c1. The molecule has 0 aliphatic carbocycles. The van der Waals surface area contributed by atoms with Crippen LogP contribution >= 0.6 is 22.9 Å². The molecule has 12 nitrogen and oxygen atoms in total. The number of aromatic nitrogens is 1. The molecule has 262 valence electrons. The van der Waals surface area contributed by atoms with Gasteiger partial charge in [0.2, 0.25) is 0 Å². The number of esters is 1. The number of carbonyl (C=O) groups excluding carboxylic acids is 1. The Morgan fingerprint density at radius 3 is 2.44 bits per heavy atom. The molecule has 5 rings (SSSR count). The number of rotatable bonds is 13. The second-order valence-corrected chi connectivity index (χ2v) is 12.8. The fourth-order valence-electron chi connectivity index (χ4n) is 5.41. The van der Waals surface area contributed by atoms with Crippen molar-refractivity contribution in [1.29, 1.82) is 0 Å². The lowest BCUT2D eigenvalue weighted by molar-refractivity contribution is -0.384. The zero-order valence-electron chi connectivity index (χ0n) is 28.4. The topological polar surface area (TPSA) is 141 Å². The summed E-state index contributed by atoms with van der Waals surface area (Å²) in [5.74, 6) is 1.05. The highest BCUT2D eigenvalue weighted by Gasteiger charge is 2.34. The van der Waals surface area contributed by atoms with E-state index in [1.807, 2.05) is 20.8 Å². The van der Waals surface area contributed by atoms with Gasteiger partial charge in [-0.25, -0.2) is 9.79 Å². The number of hydrogen-bond acceptors (Lipinski definition) is 11. The van der Waals surface area contributed by atoms with E-state index in [-0.39, 0.29) is 41.2 Å². The summed E-state index contributed by atoms with van der Waals surface area (Å²) in [6, 6.07) is 13.8. The molecule has 0 bridgehead atoms. The molecule has 0 fully saturated rings. The first-order valence-electron chi connectivity index (χ1n) is 15.8. The summed E-state index contributed by atoms with van der Waals surface area (Å²) < 4.78 is 30.6. The molecule has 0 saturated carbocycles. The van der Waals surface area contributed by atoms with Gasteiger partial charge in [0.05, 0.1) is 58.2 Å². The summed E-state index contributed by atoms with van der Waals surface area (Å²) in [5, 5.41) is 11.2. The smallest absolute Gasteiger partial charge is 0.338 e. The van der Waals surface area contributed by atoms with Crippen LogP contribution in [0.1, 0.15) is 57.4 Å². The lowest BCUT2D eigenvalue weighted by Gasteiger charge is -2.25. The fraction of sp³-hybridized carbons (Fsp3) is 0.306. The summed E-state index contributed by atoms with van der Waals surface area (Å²) >= 11 is 7.87. The van der Waals surface area contributed by atoms with Crippen LogP contribution in [-0.2, 0) is 16.1 Å². The first kappa shape index (κ1) is 36.1. The third-order valence-electron chi connectivity index (χ3n) is 7.54. The Hall–Kier alpha value is -5.14. The number of carbonyl (C=O) groups is 1. The van der Waals surface area contributed by atoms with Crippen LogP contribution in [0.25, 0.3) is 6.08 Å². The predicted octanol–water partition coefficient (Wildman–Crippen LogP) is 6.13. The number of allylic oxidation sites excluding steroid dienone is 1. The number of methoxy groups -OCH3 is 1. The molecule has 50 heavy (non-hydrogen) atoms. The molecular weight excluding hydrogens is 686 g/mol. The summed E-state index contributed by atoms with van der Waals surface area (Å²) in [5.41, 5.74) is 2.15. The van der Waals surface area contributed by atoms with Crippen LogP contribution < -0.4 is 33.8 Å². The van der Waals surface area contributed by atoms with Gasteiger partial charge in [-0.1, -0.05) is 29.0 Å². The van der Waals surface area contributed by atoms with Crippen molar-refractivity contribution in [2.75, 3.05) is 20.3 Å². The van der Waals surface area contributed by atoms with Gasteiger partial charge in [0.15, 0.2) is 27.8 Å². The third-order valence-corrected chi connectivity index (χ3v) is 8.81. The molecule has 1 aromatic heterocycles. The minimum atomic E-state index is -0.854. The Bertz CT molecular complexity index is 2140. The second kappa shape index (κ2) is 15.6. The molecule has 3 aromatic carbocycles. The van der Waals surface area contributed by atoms with Crippen molar-refractivity contribution in [2.24, 2.45) is 4.99 Å². The summed E-state index contributed by atoms with van der Waals surface area (Å²) in [7, 11) is 1.53. The Morgan fingerprint density at radius 2 is 1.80 bits per heavy atom. The molecule has 4 aromatic rings. The predicted molar refractivity (Wildman–Crippen MR) is 189 cm³/mol. The van der Waals surface area contributed by atoms with E-state index in [4.69, 9.17) is 35.3 Å². The zero-order chi connectivity index (χ0) is 36.1. The van der Waals surface area contributed by atoms with E-state index >= 15 is 0 Å². The third kappa shape index (κ3) is 7.68. The van der Waals surface area contributed by atoms with E-state index in [2.05, 4.69) is 4.99 Å². The number of benzene rings is 3. The Labute approximate surface area is 297 Å². The minimum Gasteiger partial charge on any atom is -0.493 e. The van der Waals surface area contributed by atoms with Crippen molar-refractivity contribution < 1.29 is 33.4 Å². The van der Waals surface area contributed by atoms with Crippen LogP contribution in [0.3, 0.4) is 0 Å². The number of halogens is 1. The van der Waals surface area contributed by atoms with Gasteiger partial charge >= 0.3 is 5.97 Å². The van der Waals surface area contributed by atoms with Crippen LogP contribution in [0.4, 0.5) is 5.69 Å². The highest BCUT2D eigenvalue weighted by atomic mass is 35.5. The van der Waals surface area contributed by atoms with E-state index in [1.54, 1.807) is 62.4 Å². The van der Waals surface area contributed by atoms with E-state index in [0.29, 0.717) is 61.3 Å². The quantitative estimate of drug-likeness (QED) is 0.0905. The zero-order valence-corrected chi connectivity index (χ0v) is 29.9. The van der Waals surface area contributed by atoms with E-state index in [0.717, 1.165) is 0 Å². The molecule has 14 heteroatoms. The number of hydrogen-bond donors (Lipinski definition) is 0. The number of fused-ring (bicyclic) bond motifs is 1. The van der Waals surface area contributed by atoms with Gasteiger partial charge < -0.3 is 23.7 Å². The van der Waals surface area contributed by atoms with Crippen LogP contribution in [0.15, 0.2) is 75.7 Å². The normalized spacial score (nSPS) is 14.2. The number of nitro groups is 1. The first-order chi connectivity index (χ1) is 23.9. The molecule has 1 aliphatic rings. The van der Waals surface area contributed by atoms with Crippen LogP contribution in [0.2, 0.25) is 5.02 Å². The van der Waals surface area contributed by atoms with Crippen molar-refractivity contribution in [2.45, 2.75) is 53.4 Å². The van der Waals surface area contributed by atoms with Crippen molar-refractivity contribution in [1.82, 2.24) is 4.57 Å². The summed E-state index contributed by atoms with van der Waals surface area (Å²) in [4.78, 5) is 43.1. The van der Waals surface area contributed by atoms with Crippen LogP contribution in [0, 0.1) is 10.1 Å². The van der Waals surface area contributed by atoms with Gasteiger partial charge in [0.1, 0.15) is 6.61 Å². The maximum atomic E-state index is 14.2. The molecule has 0 amide bonds. The average molecular weight is 722 g/mol. The molecular formula is C36H36ClN3O9S. The average Bonchev–Trinajstić information content (AvgIpc) is 3.37. The van der Waals surface area contributed by atoms with Gasteiger partial charge in [-0.15, -0.1) is 0 Å². The Balaban J connectivity index is 1.57. The number of non-ortho nitro benzene ring substituents is 1. The van der Waals surface area contributed by atoms with Gasteiger partial charge in [-0.2, -0.15) is 0 Å². The number of ether oxygens (including phenoxy) is 5. The lowest BCUT2D eigenvalue weighted by Crippen LogP contribution is -2.40. The summed E-state index contributed by atoms with van der Waals surface area (Å²) in [6.45, 7) is 9.61. The molecule has 0 unspecified atom stereocenters. The van der Waals surface area contributed by atoms with E-state index < -0.39 is 16.9 Å². The van der Waals surface area contributed by atoms with Crippen molar-refractivity contribution in [3.63, 3.8) is 0 Å². The highest BCUT2D eigenvalue weighted by Crippen LogP contribution is 2.38. The first-order valence-corrected chi connectivity index (χ1v) is 17.0. The molecule has 0 N–H and O–H groups in total. The Morgan fingerprint density at radius 1 is 1.06 bits per heavy atom. The monoisotopic (exact) mass is 721 g/mol. The molecule has 0 saturated heterocycles. The van der Waals surface area contributed by atoms with Crippen LogP contribution in [0.5, 0.6) is 23.0 Å². The molecule has 2 heterocycles. The second-order valence-electron chi connectivity index (χ2n) is 11.4. The van der Waals surface area contributed by atoms with Gasteiger partial charge in [0, 0.05) is 12.1 Å². The molecule has 0 radical (unpaired) electrons. The standard InChI is InChI=1S/C36H36ClN3O9S/c1-7-46-29-16-23(15-26(37)33(29)48-19-22-9-12-25(13-10-22)40(43)44)17-30-34(41)39-32(24-11-14-27(49-20(3)4)28(18-24)45-6)31(35(42)47-8-2)21(5)38-36(39)50-30/h9-18,20,32H,7-8,19H2,1-6H3/b30-17-/t32-/m1/s1. The lowest BCUT2D eigenvalue weighted by atomic mass is 9.95. The van der Waals surface area contributed by atoms with Gasteiger partial charge in [-0.3, -0.25) is 19.5 Å². The maximum Gasteiger partial charge on any atom is 0.338 e. The molecule has 1 aliphatic heterocycles.